The first-order valence-corrected chi connectivity index (χ1v) is 5.27. The van der Waals surface area contributed by atoms with E-state index in [1.165, 1.54) is 13.2 Å². The number of rotatable bonds is 2. The van der Waals surface area contributed by atoms with E-state index >= 15 is 0 Å². The molecule has 0 radical (unpaired) electrons. The van der Waals surface area contributed by atoms with Gasteiger partial charge in [-0.3, -0.25) is 4.79 Å². The Morgan fingerprint density at radius 2 is 2.29 bits per heavy atom. The van der Waals surface area contributed by atoms with Crippen molar-refractivity contribution in [3.8, 4) is 5.75 Å². The number of fused-ring (bicyclic) bond motifs is 1. The van der Waals surface area contributed by atoms with Gasteiger partial charge in [-0.25, -0.2) is 4.79 Å². The van der Waals surface area contributed by atoms with E-state index in [0.29, 0.717) is 29.9 Å². The molecule has 0 saturated carbocycles. The Hall–Kier alpha value is -2.10. The molecule has 1 aromatic carbocycles. The van der Waals surface area contributed by atoms with Crippen LogP contribution >= 0.6 is 0 Å². The highest BCUT2D eigenvalue weighted by atomic mass is 16.5. The topological polar surface area (TPSA) is 52.6 Å². The third-order valence-electron chi connectivity index (χ3n) is 2.52. The zero-order valence-corrected chi connectivity index (χ0v) is 9.43. The second-order valence-corrected chi connectivity index (χ2v) is 3.60. The van der Waals surface area contributed by atoms with Gasteiger partial charge in [0.05, 0.1) is 19.3 Å². The molecule has 4 heteroatoms. The summed E-state index contributed by atoms with van der Waals surface area (Å²) < 4.78 is 9.97. The van der Waals surface area contributed by atoms with Gasteiger partial charge in [0, 0.05) is 18.1 Å². The Bertz CT molecular complexity index is 488. The molecule has 1 heterocycles. The van der Waals surface area contributed by atoms with Crippen LogP contribution in [0.25, 0.3) is 6.08 Å². The molecule has 4 nitrogen and oxygen atoms in total. The minimum absolute atomic E-state index is 0.0690. The summed E-state index contributed by atoms with van der Waals surface area (Å²) in [5.41, 5.74) is 1.28. The second kappa shape index (κ2) is 4.82. The summed E-state index contributed by atoms with van der Waals surface area (Å²) in [6.07, 6.45) is 3.29. The van der Waals surface area contributed by atoms with Crippen LogP contribution in [0, 0.1) is 0 Å². The normalized spacial score (nSPS) is 14.3. The van der Waals surface area contributed by atoms with E-state index in [-0.39, 0.29) is 5.78 Å². The van der Waals surface area contributed by atoms with Crippen molar-refractivity contribution in [1.82, 2.24) is 0 Å². The first-order chi connectivity index (χ1) is 8.22. The number of hydrogen-bond donors (Lipinski definition) is 0. The van der Waals surface area contributed by atoms with Gasteiger partial charge in [0.1, 0.15) is 5.75 Å². The van der Waals surface area contributed by atoms with Crippen molar-refractivity contribution in [3.05, 3.63) is 35.4 Å². The van der Waals surface area contributed by atoms with Gasteiger partial charge in [-0.2, -0.15) is 0 Å². The number of methoxy groups -OCH3 is 1. The van der Waals surface area contributed by atoms with Gasteiger partial charge >= 0.3 is 5.97 Å². The number of para-hydroxylation sites is 1. The number of carbonyl (C=O) groups excluding carboxylic acids is 2. The third-order valence-corrected chi connectivity index (χ3v) is 2.52. The van der Waals surface area contributed by atoms with Gasteiger partial charge in [-0.1, -0.05) is 12.1 Å². The largest absolute Gasteiger partial charge is 0.492 e. The van der Waals surface area contributed by atoms with Gasteiger partial charge in [-0.15, -0.1) is 0 Å². The van der Waals surface area contributed by atoms with Gasteiger partial charge < -0.3 is 9.47 Å². The van der Waals surface area contributed by atoms with Crippen molar-refractivity contribution in [1.29, 1.82) is 0 Å². The molecule has 0 saturated heterocycles. The molecule has 0 atom stereocenters. The molecule has 1 aliphatic rings. The lowest BCUT2D eigenvalue weighted by Crippen LogP contribution is -2.15. The van der Waals surface area contributed by atoms with E-state index in [9.17, 15) is 9.59 Å². The summed E-state index contributed by atoms with van der Waals surface area (Å²) in [5, 5.41) is 0. The quantitative estimate of drug-likeness (QED) is 0.576. The van der Waals surface area contributed by atoms with E-state index in [1.807, 2.05) is 0 Å². The summed E-state index contributed by atoms with van der Waals surface area (Å²) >= 11 is 0. The lowest BCUT2D eigenvalue weighted by molar-refractivity contribution is -0.134. The monoisotopic (exact) mass is 232 g/mol. The fraction of sp³-hybridized carbons (Fsp3) is 0.231. The van der Waals surface area contributed by atoms with Crippen LogP contribution in [0.4, 0.5) is 0 Å². The highest BCUT2D eigenvalue weighted by Gasteiger charge is 2.19. The Labute approximate surface area is 98.8 Å². The van der Waals surface area contributed by atoms with Crippen LogP contribution in [0.3, 0.4) is 0 Å². The third kappa shape index (κ3) is 2.36. The van der Waals surface area contributed by atoms with E-state index in [0.717, 1.165) is 0 Å². The van der Waals surface area contributed by atoms with Crippen molar-refractivity contribution in [3.63, 3.8) is 0 Å². The van der Waals surface area contributed by atoms with Gasteiger partial charge in [0.15, 0.2) is 5.78 Å². The number of carbonyl (C=O) groups is 2. The SMILES string of the molecule is COC(=O)C=Cc1cccc2c1OCCC2=O. The molecule has 17 heavy (non-hydrogen) atoms. The van der Waals surface area contributed by atoms with Crippen LogP contribution in [-0.4, -0.2) is 25.5 Å². The van der Waals surface area contributed by atoms with Crippen LogP contribution in [0.15, 0.2) is 24.3 Å². The Morgan fingerprint density at radius 1 is 1.47 bits per heavy atom. The summed E-state index contributed by atoms with van der Waals surface area (Å²) in [7, 11) is 1.31. The maximum absolute atomic E-state index is 11.6. The predicted octanol–water partition coefficient (Wildman–Crippen LogP) is 1.84. The van der Waals surface area contributed by atoms with E-state index < -0.39 is 5.97 Å². The lowest BCUT2D eigenvalue weighted by Gasteiger charge is -2.17. The number of ether oxygens (including phenoxy) is 2. The number of Topliss-reactive ketones (excluding diaryl/α,β-unsaturated/α-hetero) is 1. The average molecular weight is 232 g/mol. The van der Waals surface area contributed by atoms with Crippen molar-refractivity contribution < 1.29 is 19.1 Å². The van der Waals surface area contributed by atoms with E-state index in [1.54, 1.807) is 24.3 Å². The molecule has 0 aromatic heterocycles. The minimum Gasteiger partial charge on any atom is -0.492 e. The average Bonchev–Trinajstić information content (AvgIpc) is 2.36. The molecule has 1 aromatic rings. The lowest BCUT2D eigenvalue weighted by atomic mass is 10.0. The highest BCUT2D eigenvalue weighted by molar-refractivity contribution is 6.01. The fourth-order valence-electron chi connectivity index (χ4n) is 1.67. The van der Waals surface area contributed by atoms with Crippen LogP contribution in [0.2, 0.25) is 0 Å². The van der Waals surface area contributed by atoms with Crippen molar-refractivity contribution in [2.24, 2.45) is 0 Å². The molecular weight excluding hydrogens is 220 g/mol. The summed E-state index contributed by atoms with van der Waals surface area (Å²) in [5.74, 6) is 0.174. The zero-order chi connectivity index (χ0) is 12.3. The molecule has 2 rings (SSSR count). The van der Waals surface area contributed by atoms with Crippen molar-refractivity contribution in [2.75, 3.05) is 13.7 Å². The second-order valence-electron chi connectivity index (χ2n) is 3.60. The van der Waals surface area contributed by atoms with E-state index in [4.69, 9.17) is 4.74 Å². The number of ketones is 1. The Balaban J connectivity index is 2.36. The molecule has 0 spiro atoms. The van der Waals surface area contributed by atoms with Crippen molar-refractivity contribution >= 4 is 17.8 Å². The summed E-state index contributed by atoms with van der Waals surface area (Å²) in [4.78, 5) is 22.6. The maximum atomic E-state index is 11.6. The van der Waals surface area contributed by atoms with Gasteiger partial charge in [-0.05, 0) is 12.1 Å². The zero-order valence-electron chi connectivity index (χ0n) is 9.43. The molecule has 0 N–H and O–H groups in total. The fourth-order valence-corrected chi connectivity index (χ4v) is 1.67. The molecule has 0 unspecified atom stereocenters. The smallest absolute Gasteiger partial charge is 0.330 e. The molecule has 88 valence electrons. The van der Waals surface area contributed by atoms with Crippen LogP contribution < -0.4 is 4.74 Å². The summed E-state index contributed by atoms with van der Waals surface area (Å²) in [6, 6.07) is 5.28. The van der Waals surface area contributed by atoms with Crippen LogP contribution in [0.1, 0.15) is 22.3 Å². The van der Waals surface area contributed by atoms with Crippen molar-refractivity contribution in [2.45, 2.75) is 6.42 Å². The van der Waals surface area contributed by atoms with Gasteiger partial charge in [0.25, 0.3) is 0 Å². The molecular formula is C13H12O4. The number of esters is 1. The van der Waals surface area contributed by atoms with E-state index in [2.05, 4.69) is 4.74 Å². The molecule has 1 aliphatic heterocycles. The standard InChI is InChI=1S/C13H12O4/c1-16-12(15)6-5-9-3-2-4-10-11(14)7-8-17-13(9)10/h2-6H,7-8H2,1H3. The molecule has 0 fully saturated rings. The summed E-state index contributed by atoms with van der Waals surface area (Å²) in [6.45, 7) is 0.384. The molecule has 0 bridgehead atoms. The first-order valence-electron chi connectivity index (χ1n) is 5.27. The minimum atomic E-state index is -0.440. The highest BCUT2D eigenvalue weighted by Crippen LogP contribution is 2.29. The number of hydrogen-bond acceptors (Lipinski definition) is 4. The number of benzene rings is 1. The predicted molar refractivity (Wildman–Crippen MR) is 61.9 cm³/mol. The first kappa shape index (κ1) is 11.4. The maximum Gasteiger partial charge on any atom is 0.330 e. The van der Waals surface area contributed by atoms with Gasteiger partial charge in [0.2, 0.25) is 0 Å². The molecule has 0 aliphatic carbocycles. The Kier molecular flexibility index (Phi) is 3.23. The van der Waals surface area contributed by atoms with Crippen LogP contribution in [-0.2, 0) is 9.53 Å². The van der Waals surface area contributed by atoms with Crippen LogP contribution in [0.5, 0.6) is 5.75 Å². The molecule has 0 amide bonds. The Morgan fingerprint density at radius 3 is 3.06 bits per heavy atom.